The number of unbranched alkanes of at least 4 members (excludes halogenated alkanes) is 9. The molecule has 2 nitrogen and oxygen atoms in total. The van der Waals surface area contributed by atoms with E-state index >= 15 is 0 Å². The fourth-order valence-electron chi connectivity index (χ4n) is 2.20. The molecular formula is C18H41NOSi. The predicted octanol–water partition coefficient (Wildman–Crippen LogP) is 5.87. The van der Waals surface area contributed by atoms with Gasteiger partial charge in [-0.3, -0.25) is 0 Å². The van der Waals surface area contributed by atoms with Gasteiger partial charge in [0.1, 0.15) is 0 Å². The fraction of sp³-hybridized carbons (Fsp3) is 1.00. The van der Waals surface area contributed by atoms with Crippen LogP contribution in [0.4, 0.5) is 0 Å². The normalized spacial score (nSPS) is 12.9. The molecule has 0 aliphatic carbocycles. The molecule has 0 saturated heterocycles. The smallest absolute Gasteiger partial charge is 0.191 e. The summed E-state index contributed by atoms with van der Waals surface area (Å²) in [5.74, 6) is 0. The molecule has 0 aliphatic heterocycles. The molecule has 0 aromatic carbocycles. The lowest BCUT2D eigenvalue weighted by Crippen LogP contribution is -2.40. The average molecular weight is 316 g/mol. The minimum absolute atomic E-state index is 0.344. The van der Waals surface area contributed by atoms with Crippen molar-refractivity contribution in [1.82, 2.24) is 0 Å². The Bertz CT molecular complexity index is 236. The van der Waals surface area contributed by atoms with Crippen LogP contribution in [0, 0.1) is 0 Å². The molecule has 0 saturated carbocycles. The summed E-state index contributed by atoms with van der Waals surface area (Å²) in [4.78, 5) is 0. The Kier molecular flexibility index (Phi) is 11.7. The van der Waals surface area contributed by atoms with Crippen LogP contribution < -0.4 is 5.73 Å². The maximum absolute atomic E-state index is 6.21. The lowest BCUT2D eigenvalue weighted by atomic mass is 10.1. The van der Waals surface area contributed by atoms with E-state index < -0.39 is 8.32 Å². The molecule has 0 unspecified atom stereocenters. The van der Waals surface area contributed by atoms with Gasteiger partial charge in [-0.15, -0.1) is 0 Å². The van der Waals surface area contributed by atoms with Crippen molar-refractivity contribution in [2.24, 2.45) is 5.73 Å². The maximum Gasteiger partial charge on any atom is 0.191 e. The van der Waals surface area contributed by atoms with E-state index in [4.69, 9.17) is 10.2 Å². The van der Waals surface area contributed by atoms with E-state index in [1.807, 2.05) is 0 Å². The largest absolute Gasteiger partial charge is 0.417 e. The highest BCUT2D eigenvalue weighted by molar-refractivity contribution is 6.74. The molecule has 3 heteroatoms. The van der Waals surface area contributed by atoms with Gasteiger partial charge in [-0.2, -0.15) is 0 Å². The fourth-order valence-corrected chi connectivity index (χ4v) is 3.29. The molecule has 0 spiro atoms. The van der Waals surface area contributed by atoms with Gasteiger partial charge in [-0.05, 0) is 37.5 Å². The Morgan fingerprint density at radius 2 is 1.10 bits per heavy atom. The summed E-state index contributed by atoms with van der Waals surface area (Å²) < 4.78 is 6.21. The molecule has 0 aromatic heterocycles. The molecule has 0 heterocycles. The molecule has 0 radical (unpaired) electrons. The lowest BCUT2D eigenvalue weighted by molar-refractivity contribution is 0.277. The van der Waals surface area contributed by atoms with E-state index in [1.54, 1.807) is 0 Å². The van der Waals surface area contributed by atoms with Crippen LogP contribution in [0.5, 0.6) is 0 Å². The van der Waals surface area contributed by atoms with E-state index in [2.05, 4.69) is 33.9 Å². The molecule has 128 valence electrons. The van der Waals surface area contributed by atoms with E-state index in [0.717, 1.165) is 13.2 Å². The summed E-state index contributed by atoms with van der Waals surface area (Å²) in [6.45, 7) is 13.5. The third kappa shape index (κ3) is 11.4. The van der Waals surface area contributed by atoms with Gasteiger partial charge in [-0.1, -0.05) is 72.1 Å². The SMILES string of the molecule is CC(C)(C)[Si](C)(C)OCCCCCCCCCCCCN. The van der Waals surface area contributed by atoms with E-state index in [-0.39, 0.29) is 0 Å². The van der Waals surface area contributed by atoms with Crippen molar-refractivity contribution < 1.29 is 4.43 Å². The monoisotopic (exact) mass is 315 g/mol. The van der Waals surface area contributed by atoms with Gasteiger partial charge in [0.05, 0.1) is 0 Å². The molecule has 21 heavy (non-hydrogen) atoms. The van der Waals surface area contributed by atoms with Crippen molar-refractivity contribution in [3.05, 3.63) is 0 Å². The molecule has 2 N–H and O–H groups in total. The zero-order valence-corrected chi connectivity index (χ0v) is 16.5. The van der Waals surface area contributed by atoms with Crippen molar-refractivity contribution in [2.45, 2.75) is 103 Å². The van der Waals surface area contributed by atoms with Crippen LogP contribution in [-0.2, 0) is 4.43 Å². The number of rotatable bonds is 13. The zero-order chi connectivity index (χ0) is 16.2. The minimum Gasteiger partial charge on any atom is -0.417 e. The molecule has 0 fully saturated rings. The quantitative estimate of drug-likeness (QED) is 0.341. The Hall–Kier alpha value is 0.137. The van der Waals surface area contributed by atoms with Gasteiger partial charge in [0.15, 0.2) is 8.32 Å². The molecule has 0 bridgehead atoms. The van der Waals surface area contributed by atoms with Crippen LogP contribution in [-0.4, -0.2) is 21.5 Å². The third-order valence-corrected chi connectivity index (χ3v) is 9.41. The van der Waals surface area contributed by atoms with Crippen LogP contribution in [0.2, 0.25) is 18.1 Å². The van der Waals surface area contributed by atoms with Crippen LogP contribution in [0.1, 0.15) is 85.0 Å². The van der Waals surface area contributed by atoms with Crippen molar-refractivity contribution in [3.63, 3.8) is 0 Å². The van der Waals surface area contributed by atoms with Gasteiger partial charge in [-0.25, -0.2) is 0 Å². The van der Waals surface area contributed by atoms with Gasteiger partial charge >= 0.3 is 0 Å². The topological polar surface area (TPSA) is 35.2 Å². The Labute approximate surface area is 135 Å². The van der Waals surface area contributed by atoms with E-state index in [9.17, 15) is 0 Å². The molecule has 0 amide bonds. The second-order valence-electron chi connectivity index (χ2n) is 7.93. The highest BCUT2D eigenvalue weighted by Crippen LogP contribution is 2.36. The molecule has 0 rings (SSSR count). The Morgan fingerprint density at radius 1 is 0.714 bits per heavy atom. The number of hydrogen-bond donors (Lipinski definition) is 1. The Morgan fingerprint density at radius 3 is 1.48 bits per heavy atom. The van der Waals surface area contributed by atoms with Crippen LogP contribution >= 0.6 is 0 Å². The second kappa shape index (κ2) is 11.7. The van der Waals surface area contributed by atoms with E-state index in [1.165, 1.54) is 64.2 Å². The van der Waals surface area contributed by atoms with Gasteiger partial charge < -0.3 is 10.2 Å². The van der Waals surface area contributed by atoms with Crippen LogP contribution in [0.15, 0.2) is 0 Å². The zero-order valence-electron chi connectivity index (χ0n) is 15.5. The van der Waals surface area contributed by atoms with Crippen molar-refractivity contribution in [2.75, 3.05) is 13.2 Å². The Balaban J connectivity index is 3.30. The first-order valence-electron chi connectivity index (χ1n) is 9.15. The lowest BCUT2D eigenvalue weighted by Gasteiger charge is -2.36. The third-order valence-electron chi connectivity index (χ3n) is 4.87. The standard InChI is InChI=1S/C18H41NOSi/c1-18(2,3)21(4,5)20-17-15-13-11-9-7-6-8-10-12-14-16-19/h6-17,19H2,1-5H3. The van der Waals surface area contributed by atoms with E-state index in [0.29, 0.717) is 5.04 Å². The highest BCUT2D eigenvalue weighted by atomic mass is 28.4. The first-order chi connectivity index (χ1) is 9.81. The van der Waals surface area contributed by atoms with Crippen molar-refractivity contribution in [1.29, 1.82) is 0 Å². The summed E-state index contributed by atoms with van der Waals surface area (Å²) in [5, 5.41) is 0.344. The highest BCUT2D eigenvalue weighted by Gasteiger charge is 2.36. The van der Waals surface area contributed by atoms with Crippen molar-refractivity contribution in [3.8, 4) is 0 Å². The van der Waals surface area contributed by atoms with Gasteiger partial charge in [0.2, 0.25) is 0 Å². The summed E-state index contributed by atoms with van der Waals surface area (Å²) >= 11 is 0. The van der Waals surface area contributed by atoms with Gasteiger partial charge in [0.25, 0.3) is 0 Å². The molecule has 0 aliphatic rings. The molecular weight excluding hydrogens is 274 g/mol. The van der Waals surface area contributed by atoms with Crippen LogP contribution in [0.3, 0.4) is 0 Å². The summed E-state index contributed by atoms with van der Waals surface area (Å²) in [6, 6.07) is 0. The first kappa shape index (κ1) is 21.1. The number of nitrogens with two attached hydrogens (primary N) is 1. The van der Waals surface area contributed by atoms with Crippen molar-refractivity contribution >= 4 is 8.32 Å². The predicted molar refractivity (Wildman–Crippen MR) is 98.4 cm³/mol. The number of hydrogen-bond acceptors (Lipinski definition) is 2. The van der Waals surface area contributed by atoms with Gasteiger partial charge in [0, 0.05) is 6.61 Å². The molecule has 0 atom stereocenters. The average Bonchev–Trinajstić information content (AvgIpc) is 2.38. The summed E-state index contributed by atoms with van der Waals surface area (Å²) in [6.07, 6.45) is 13.5. The first-order valence-corrected chi connectivity index (χ1v) is 12.1. The summed E-state index contributed by atoms with van der Waals surface area (Å²) in [7, 11) is -1.51. The maximum atomic E-state index is 6.21. The minimum atomic E-state index is -1.51. The summed E-state index contributed by atoms with van der Waals surface area (Å²) in [5.41, 5.74) is 5.49. The van der Waals surface area contributed by atoms with Crippen LogP contribution in [0.25, 0.3) is 0 Å². The molecule has 0 aromatic rings. The second-order valence-corrected chi connectivity index (χ2v) is 12.7.